The van der Waals surface area contributed by atoms with Crippen LogP contribution in [0.4, 0.5) is 0 Å². The molecule has 4 nitrogen and oxygen atoms in total. The molecule has 0 N–H and O–H groups in total. The van der Waals surface area contributed by atoms with Crippen LogP contribution in [0.1, 0.15) is 22.3 Å². The van der Waals surface area contributed by atoms with Crippen molar-refractivity contribution in [1.29, 1.82) is 0 Å². The Labute approximate surface area is 131 Å². The topological polar surface area (TPSA) is 36.7 Å². The number of carbonyl (C=O) groups is 1. The van der Waals surface area contributed by atoms with Crippen LogP contribution in [-0.2, 0) is 6.42 Å². The zero-order chi connectivity index (χ0) is 15.2. The highest BCUT2D eigenvalue weighted by molar-refractivity contribution is 5.93. The summed E-state index contributed by atoms with van der Waals surface area (Å²) in [7, 11) is 0. The quantitative estimate of drug-likeness (QED) is 0.851. The number of rotatable bonds is 5. The first-order valence-corrected chi connectivity index (χ1v) is 7.91. The zero-order valence-electron chi connectivity index (χ0n) is 12.8. The maximum atomic E-state index is 12.2. The Hall–Kier alpha value is -2.07. The molecule has 2 aromatic rings. The van der Waals surface area contributed by atoms with Crippen molar-refractivity contribution in [1.82, 2.24) is 9.80 Å². The predicted molar refractivity (Wildman–Crippen MR) is 85.8 cm³/mol. The van der Waals surface area contributed by atoms with E-state index in [4.69, 9.17) is 4.42 Å². The fourth-order valence-corrected chi connectivity index (χ4v) is 2.89. The molecule has 0 unspecified atom stereocenters. The molecular formula is C18H22N2O2. The molecule has 0 bridgehead atoms. The molecule has 1 aromatic heterocycles. The molecule has 1 aromatic carbocycles. The van der Waals surface area contributed by atoms with Gasteiger partial charge in [-0.1, -0.05) is 30.3 Å². The second kappa shape index (κ2) is 7.27. The molecule has 0 radical (unpaired) electrons. The van der Waals surface area contributed by atoms with Crippen LogP contribution in [0.5, 0.6) is 0 Å². The van der Waals surface area contributed by atoms with Gasteiger partial charge in [-0.05, 0) is 31.0 Å². The maximum Gasteiger partial charge on any atom is 0.257 e. The lowest BCUT2D eigenvalue weighted by atomic mass is 10.1. The van der Waals surface area contributed by atoms with Gasteiger partial charge in [0, 0.05) is 26.2 Å². The van der Waals surface area contributed by atoms with Gasteiger partial charge in [0.05, 0.1) is 11.8 Å². The van der Waals surface area contributed by atoms with E-state index in [9.17, 15) is 4.79 Å². The molecule has 1 fully saturated rings. The lowest BCUT2D eigenvalue weighted by molar-refractivity contribution is 0.0635. The van der Waals surface area contributed by atoms with Crippen LogP contribution in [0.3, 0.4) is 0 Å². The van der Waals surface area contributed by atoms with E-state index in [1.165, 1.54) is 18.2 Å². The van der Waals surface area contributed by atoms with Crippen molar-refractivity contribution in [2.75, 3.05) is 32.7 Å². The standard InChI is InChI=1S/C18H22N2O2/c21-18(17-8-14-22-15-17)20-12-10-19(11-13-20)9-4-7-16-5-2-1-3-6-16/h1-3,5-6,8,14-15H,4,7,9-13H2. The average Bonchev–Trinajstić information content (AvgIpc) is 3.10. The molecule has 1 aliphatic rings. The van der Waals surface area contributed by atoms with E-state index in [0.29, 0.717) is 5.56 Å². The summed E-state index contributed by atoms with van der Waals surface area (Å²) in [6.07, 6.45) is 5.36. The van der Waals surface area contributed by atoms with Gasteiger partial charge in [0.2, 0.25) is 0 Å². The number of hydrogen-bond acceptors (Lipinski definition) is 3. The minimum atomic E-state index is 0.0812. The third-order valence-electron chi connectivity index (χ3n) is 4.21. The van der Waals surface area contributed by atoms with E-state index >= 15 is 0 Å². The van der Waals surface area contributed by atoms with Crippen LogP contribution in [0.15, 0.2) is 53.3 Å². The minimum absolute atomic E-state index is 0.0812. The van der Waals surface area contributed by atoms with Crippen LogP contribution < -0.4 is 0 Å². The molecule has 2 heterocycles. The van der Waals surface area contributed by atoms with Crippen molar-refractivity contribution >= 4 is 5.91 Å². The van der Waals surface area contributed by atoms with Gasteiger partial charge < -0.3 is 9.32 Å². The second-order valence-corrected chi connectivity index (χ2v) is 5.74. The summed E-state index contributed by atoms with van der Waals surface area (Å²) in [5.41, 5.74) is 2.05. The molecule has 4 heteroatoms. The molecule has 22 heavy (non-hydrogen) atoms. The van der Waals surface area contributed by atoms with Gasteiger partial charge in [-0.15, -0.1) is 0 Å². The molecule has 0 aliphatic carbocycles. The first kappa shape index (κ1) is 14.9. The number of furan rings is 1. The Balaban J connectivity index is 1.39. The number of amides is 1. The van der Waals surface area contributed by atoms with Crippen molar-refractivity contribution in [3.63, 3.8) is 0 Å². The highest BCUT2D eigenvalue weighted by Gasteiger charge is 2.22. The number of benzene rings is 1. The van der Waals surface area contributed by atoms with Gasteiger partial charge in [-0.2, -0.15) is 0 Å². The third-order valence-corrected chi connectivity index (χ3v) is 4.21. The Kier molecular flexibility index (Phi) is 4.91. The van der Waals surface area contributed by atoms with Crippen LogP contribution in [-0.4, -0.2) is 48.4 Å². The molecule has 116 valence electrons. The lowest BCUT2D eigenvalue weighted by Gasteiger charge is -2.34. The molecule has 0 spiro atoms. The summed E-state index contributed by atoms with van der Waals surface area (Å²) in [5, 5.41) is 0. The van der Waals surface area contributed by atoms with Gasteiger partial charge in [-0.3, -0.25) is 9.69 Å². The Bertz CT molecular complexity index is 572. The number of piperazine rings is 1. The number of hydrogen-bond donors (Lipinski definition) is 0. The van der Waals surface area contributed by atoms with Crippen molar-refractivity contribution in [3.05, 3.63) is 60.1 Å². The van der Waals surface area contributed by atoms with Crippen molar-refractivity contribution in [2.45, 2.75) is 12.8 Å². The summed E-state index contributed by atoms with van der Waals surface area (Å²) in [4.78, 5) is 16.6. The van der Waals surface area contributed by atoms with E-state index in [1.54, 1.807) is 12.3 Å². The minimum Gasteiger partial charge on any atom is -0.472 e. The third kappa shape index (κ3) is 3.77. The summed E-state index contributed by atoms with van der Waals surface area (Å²) >= 11 is 0. The Morgan fingerprint density at radius 1 is 1.05 bits per heavy atom. The summed E-state index contributed by atoms with van der Waals surface area (Å²) in [5.74, 6) is 0.0812. The highest BCUT2D eigenvalue weighted by atomic mass is 16.3. The van der Waals surface area contributed by atoms with Gasteiger partial charge in [-0.25, -0.2) is 0 Å². The Morgan fingerprint density at radius 3 is 2.50 bits per heavy atom. The predicted octanol–water partition coefficient (Wildman–Crippen LogP) is 2.67. The van der Waals surface area contributed by atoms with Gasteiger partial charge in [0.15, 0.2) is 0 Å². The van der Waals surface area contributed by atoms with E-state index in [1.807, 2.05) is 4.90 Å². The van der Waals surface area contributed by atoms with E-state index in [-0.39, 0.29) is 5.91 Å². The smallest absolute Gasteiger partial charge is 0.257 e. The molecular weight excluding hydrogens is 276 g/mol. The first-order valence-electron chi connectivity index (χ1n) is 7.91. The summed E-state index contributed by atoms with van der Waals surface area (Å²) in [6.45, 7) is 4.62. The normalized spacial score (nSPS) is 15.9. The molecule has 1 amide bonds. The summed E-state index contributed by atoms with van der Waals surface area (Å²) < 4.78 is 4.98. The monoisotopic (exact) mass is 298 g/mol. The largest absolute Gasteiger partial charge is 0.472 e. The number of nitrogens with zero attached hydrogens (tertiary/aromatic N) is 2. The summed E-state index contributed by atoms with van der Waals surface area (Å²) in [6, 6.07) is 12.3. The highest BCUT2D eigenvalue weighted by Crippen LogP contribution is 2.10. The van der Waals surface area contributed by atoms with E-state index in [2.05, 4.69) is 35.2 Å². The first-order chi connectivity index (χ1) is 10.8. The van der Waals surface area contributed by atoms with Crippen LogP contribution in [0.2, 0.25) is 0 Å². The zero-order valence-corrected chi connectivity index (χ0v) is 12.8. The lowest BCUT2D eigenvalue weighted by Crippen LogP contribution is -2.48. The van der Waals surface area contributed by atoms with Gasteiger partial charge in [0.25, 0.3) is 5.91 Å². The fraction of sp³-hybridized carbons (Fsp3) is 0.389. The fourth-order valence-electron chi connectivity index (χ4n) is 2.89. The average molecular weight is 298 g/mol. The van der Waals surface area contributed by atoms with Crippen molar-refractivity contribution in [2.24, 2.45) is 0 Å². The maximum absolute atomic E-state index is 12.2. The van der Waals surface area contributed by atoms with Crippen LogP contribution in [0.25, 0.3) is 0 Å². The Morgan fingerprint density at radius 2 is 1.82 bits per heavy atom. The molecule has 1 saturated heterocycles. The van der Waals surface area contributed by atoms with E-state index in [0.717, 1.165) is 39.1 Å². The van der Waals surface area contributed by atoms with Crippen molar-refractivity contribution < 1.29 is 9.21 Å². The van der Waals surface area contributed by atoms with Gasteiger partial charge in [0.1, 0.15) is 6.26 Å². The van der Waals surface area contributed by atoms with Crippen LogP contribution in [0, 0.1) is 0 Å². The molecule has 3 rings (SSSR count). The van der Waals surface area contributed by atoms with Gasteiger partial charge >= 0.3 is 0 Å². The molecule has 0 atom stereocenters. The number of carbonyl (C=O) groups excluding carboxylic acids is 1. The molecule has 0 saturated carbocycles. The molecule has 1 aliphatic heterocycles. The van der Waals surface area contributed by atoms with Crippen molar-refractivity contribution in [3.8, 4) is 0 Å². The van der Waals surface area contributed by atoms with Crippen LogP contribution >= 0.6 is 0 Å². The van der Waals surface area contributed by atoms with E-state index < -0.39 is 0 Å². The number of aryl methyl sites for hydroxylation is 1. The SMILES string of the molecule is O=C(c1ccoc1)N1CCN(CCCc2ccccc2)CC1. The second-order valence-electron chi connectivity index (χ2n) is 5.74.